The smallest absolute Gasteiger partial charge is 0.305 e. The van der Waals surface area contributed by atoms with Crippen LogP contribution in [0.15, 0.2) is 47.4 Å². The van der Waals surface area contributed by atoms with E-state index in [0.717, 1.165) is 7.11 Å². The maximum atomic E-state index is 13.6. The Balaban J connectivity index is 2.53. The summed E-state index contributed by atoms with van der Waals surface area (Å²) in [5, 5.41) is 0.680. The number of rotatable bonds is 11. The van der Waals surface area contributed by atoms with Crippen molar-refractivity contribution in [3.05, 3.63) is 58.1 Å². The van der Waals surface area contributed by atoms with Crippen molar-refractivity contribution in [3.8, 4) is 5.75 Å². The standard InChI is InChI=1S/C23H26Cl2N2O7S/c1-14(12-15-13-17(25)6-10-20(15)33-2)23(30)27(19(22(26)29)9-11-21(28)34-3)35(31,32)18-7-4-16(24)5-8-18/h4-8,10,13-14,19H,9,11-12H2,1-3H3,(H2,26,29)/t14-,19-/m1/s1. The number of nitrogens with zero attached hydrogens (tertiary/aromatic N) is 1. The van der Waals surface area contributed by atoms with Gasteiger partial charge >= 0.3 is 5.97 Å². The molecule has 0 unspecified atom stereocenters. The van der Waals surface area contributed by atoms with Crippen LogP contribution in [0.1, 0.15) is 25.3 Å². The van der Waals surface area contributed by atoms with Gasteiger partial charge in [-0.25, -0.2) is 12.7 Å². The quantitative estimate of drug-likeness (QED) is 0.429. The largest absolute Gasteiger partial charge is 0.496 e. The lowest BCUT2D eigenvalue weighted by Gasteiger charge is -2.31. The van der Waals surface area contributed by atoms with Crippen molar-refractivity contribution in [2.24, 2.45) is 11.7 Å². The van der Waals surface area contributed by atoms with Gasteiger partial charge in [0.2, 0.25) is 11.8 Å². The normalized spacial score (nSPS) is 12.9. The highest BCUT2D eigenvalue weighted by molar-refractivity contribution is 7.89. The summed E-state index contributed by atoms with van der Waals surface area (Å²) in [6.07, 6.45) is -0.633. The Bertz CT molecular complexity index is 1190. The monoisotopic (exact) mass is 544 g/mol. The molecule has 0 saturated carbocycles. The number of nitrogens with two attached hydrogens (primary N) is 1. The molecule has 2 N–H and O–H groups in total. The third-order valence-corrected chi connectivity index (χ3v) is 7.55. The lowest BCUT2D eigenvalue weighted by atomic mass is 9.98. The molecule has 0 aromatic heterocycles. The van der Waals surface area contributed by atoms with Crippen LogP contribution in [0.4, 0.5) is 0 Å². The van der Waals surface area contributed by atoms with Gasteiger partial charge in [0.05, 0.1) is 19.1 Å². The number of carbonyl (C=O) groups is 3. The molecule has 0 radical (unpaired) electrons. The highest BCUT2D eigenvalue weighted by Gasteiger charge is 2.40. The zero-order chi connectivity index (χ0) is 26.3. The molecule has 0 saturated heterocycles. The lowest BCUT2D eigenvalue weighted by molar-refractivity contribution is -0.142. The summed E-state index contributed by atoms with van der Waals surface area (Å²) in [5.41, 5.74) is 6.08. The van der Waals surface area contributed by atoms with Crippen molar-refractivity contribution in [3.63, 3.8) is 0 Å². The molecule has 0 spiro atoms. The topological polar surface area (TPSA) is 133 Å². The van der Waals surface area contributed by atoms with Crippen LogP contribution < -0.4 is 10.5 Å². The number of hydrogen-bond donors (Lipinski definition) is 1. The minimum absolute atomic E-state index is 0.0533. The number of hydrogen-bond acceptors (Lipinski definition) is 7. The fourth-order valence-electron chi connectivity index (χ4n) is 3.43. The first-order chi connectivity index (χ1) is 16.4. The second-order valence-corrected chi connectivity index (χ2v) is 10.4. The summed E-state index contributed by atoms with van der Waals surface area (Å²) in [6.45, 7) is 1.51. The average molecular weight is 545 g/mol. The number of sulfonamides is 1. The molecule has 2 atom stereocenters. The Hall–Kier alpha value is -2.82. The Kier molecular flexibility index (Phi) is 9.93. The van der Waals surface area contributed by atoms with Gasteiger partial charge in [-0.2, -0.15) is 0 Å². The number of amides is 2. The van der Waals surface area contributed by atoms with E-state index in [-0.39, 0.29) is 29.2 Å². The molecule has 0 heterocycles. The van der Waals surface area contributed by atoms with Gasteiger partial charge in [-0.1, -0.05) is 30.1 Å². The van der Waals surface area contributed by atoms with Crippen LogP contribution in [0, 0.1) is 5.92 Å². The van der Waals surface area contributed by atoms with E-state index in [0.29, 0.717) is 20.6 Å². The molecule has 0 aliphatic rings. The van der Waals surface area contributed by atoms with Crippen LogP contribution in [-0.4, -0.2) is 50.8 Å². The van der Waals surface area contributed by atoms with Crippen LogP contribution in [0.5, 0.6) is 5.75 Å². The van der Waals surface area contributed by atoms with E-state index in [1.807, 2.05) is 0 Å². The molecule has 12 heteroatoms. The number of ether oxygens (including phenoxy) is 2. The van der Waals surface area contributed by atoms with E-state index in [9.17, 15) is 22.8 Å². The van der Waals surface area contributed by atoms with E-state index in [1.165, 1.54) is 38.3 Å². The van der Waals surface area contributed by atoms with Crippen molar-refractivity contribution in [1.82, 2.24) is 4.31 Å². The molecule has 190 valence electrons. The van der Waals surface area contributed by atoms with Crippen LogP contribution >= 0.6 is 23.2 Å². The van der Waals surface area contributed by atoms with Gasteiger partial charge in [-0.15, -0.1) is 0 Å². The van der Waals surface area contributed by atoms with Gasteiger partial charge < -0.3 is 15.2 Å². The molecule has 2 aromatic carbocycles. The zero-order valence-corrected chi connectivity index (χ0v) is 21.7. The molecule has 0 bridgehead atoms. The Morgan fingerprint density at radius 1 is 1.03 bits per heavy atom. The van der Waals surface area contributed by atoms with Gasteiger partial charge in [0.15, 0.2) is 0 Å². The van der Waals surface area contributed by atoms with Crippen LogP contribution in [0.3, 0.4) is 0 Å². The Morgan fingerprint density at radius 3 is 2.17 bits per heavy atom. The van der Waals surface area contributed by atoms with Crippen LogP contribution in [-0.2, 0) is 35.6 Å². The van der Waals surface area contributed by atoms with Crippen LogP contribution in [0.25, 0.3) is 0 Å². The SMILES string of the molecule is COC(=O)CC[C@H](C(N)=O)N(C(=O)[C@H](C)Cc1cc(Cl)ccc1OC)S(=O)(=O)c1ccc(Cl)cc1. The van der Waals surface area contributed by atoms with Crippen LogP contribution in [0.2, 0.25) is 10.0 Å². The molecular weight excluding hydrogens is 519 g/mol. The molecule has 35 heavy (non-hydrogen) atoms. The number of halogens is 2. The highest BCUT2D eigenvalue weighted by Crippen LogP contribution is 2.29. The van der Waals surface area contributed by atoms with Crippen molar-refractivity contribution in [2.75, 3.05) is 14.2 Å². The van der Waals surface area contributed by atoms with Gasteiger partial charge in [0.25, 0.3) is 10.0 Å². The van der Waals surface area contributed by atoms with E-state index >= 15 is 0 Å². The predicted molar refractivity (Wildman–Crippen MR) is 131 cm³/mol. The predicted octanol–water partition coefficient (Wildman–Crippen LogP) is 3.21. The molecular formula is C23H26Cl2N2O7S. The van der Waals surface area contributed by atoms with E-state index in [1.54, 1.807) is 18.2 Å². The summed E-state index contributed by atoms with van der Waals surface area (Å²) in [4.78, 5) is 37.4. The number of benzene rings is 2. The number of carbonyl (C=O) groups excluding carboxylic acids is 3. The third-order valence-electron chi connectivity index (χ3n) is 5.24. The van der Waals surface area contributed by atoms with Crippen molar-refractivity contribution in [2.45, 2.75) is 37.1 Å². The van der Waals surface area contributed by atoms with Crippen molar-refractivity contribution in [1.29, 1.82) is 0 Å². The minimum Gasteiger partial charge on any atom is -0.496 e. The van der Waals surface area contributed by atoms with E-state index < -0.39 is 39.8 Å². The van der Waals surface area contributed by atoms with Crippen molar-refractivity contribution >= 4 is 51.0 Å². The summed E-state index contributed by atoms with van der Waals surface area (Å²) in [7, 11) is -1.96. The number of primary amides is 1. The Morgan fingerprint density at radius 2 is 1.63 bits per heavy atom. The number of methoxy groups -OCH3 is 2. The maximum absolute atomic E-state index is 13.6. The van der Waals surface area contributed by atoms with Crippen molar-refractivity contribution < 1.29 is 32.3 Å². The fourth-order valence-corrected chi connectivity index (χ4v) is 5.42. The third kappa shape index (κ3) is 7.09. The Labute approximate surface area is 214 Å². The average Bonchev–Trinajstić information content (AvgIpc) is 2.81. The molecule has 9 nitrogen and oxygen atoms in total. The second kappa shape index (κ2) is 12.2. The lowest BCUT2D eigenvalue weighted by Crippen LogP contribution is -2.52. The molecule has 2 rings (SSSR count). The fraction of sp³-hybridized carbons (Fsp3) is 0.348. The van der Waals surface area contributed by atoms with Gasteiger partial charge in [0, 0.05) is 22.4 Å². The summed E-state index contributed by atoms with van der Waals surface area (Å²) in [5.74, 6) is -3.16. The summed E-state index contributed by atoms with van der Waals surface area (Å²) >= 11 is 12.0. The molecule has 0 fully saturated rings. The molecule has 0 aliphatic carbocycles. The molecule has 2 aromatic rings. The first-order valence-corrected chi connectivity index (χ1v) is 12.6. The molecule has 0 aliphatic heterocycles. The van der Waals surface area contributed by atoms with E-state index in [2.05, 4.69) is 4.74 Å². The highest BCUT2D eigenvalue weighted by atomic mass is 35.5. The number of esters is 1. The van der Waals surface area contributed by atoms with E-state index in [4.69, 9.17) is 33.7 Å². The first-order valence-electron chi connectivity index (χ1n) is 10.4. The summed E-state index contributed by atoms with van der Waals surface area (Å²) < 4.78 is 37.5. The minimum atomic E-state index is -4.56. The van der Waals surface area contributed by atoms with Gasteiger partial charge in [-0.3, -0.25) is 14.4 Å². The zero-order valence-electron chi connectivity index (χ0n) is 19.4. The van der Waals surface area contributed by atoms with Gasteiger partial charge in [-0.05, 0) is 60.9 Å². The summed E-state index contributed by atoms with van der Waals surface area (Å²) in [6, 6.07) is 8.30. The second-order valence-electron chi connectivity index (χ2n) is 7.69. The van der Waals surface area contributed by atoms with Gasteiger partial charge in [0.1, 0.15) is 11.8 Å². The molecule has 2 amide bonds. The maximum Gasteiger partial charge on any atom is 0.305 e. The first kappa shape index (κ1) is 28.4.